The topological polar surface area (TPSA) is 133 Å². The number of rotatable bonds is 7. The Morgan fingerprint density at radius 3 is 2.34 bits per heavy atom. The fourth-order valence-corrected chi connectivity index (χ4v) is 3.86. The molecule has 1 atom stereocenters. The summed E-state index contributed by atoms with van der Waals surface area (Å²) in [6.07, 6.45) is -0.894. The number of aromatic nitrogens is 2. The number of fused-ring (bicyclic) bond motifs is 3. The number of amides is 2. The fraction of sp³-hybridized carbons (Fsp3) is 0.217. The van der Waals surface area contributed by atoms with Gasteiger partial charge in [-0.1, -0.05) is 48.5 Å². The first-order valence-electron chi connectivity index (χ1n) is 10.1. The van der Waals surface area contributed by atoms with E-state index in [9.17, 15) is 14.4 Å². The number of hydrogen-bond acceptors (Lipinski definition) is 5. The molecule has 32 heavy (non-hydrogen) atoms. The van der Waals surface area contributed by atoms with Gasteiger partial charge in [0.1, 0.15) is 12.3 Å². The van der Waals surface area contributed by atoms with E-state index in [1.54, 1.807) is 6.92 Å². The van der Waals surface area contributed by atoms with E-state index in [1.165, 1.54) is 6.07 Å². The summed E-state index contributed by atoms with van der Waals surface area (Å²) in [5.41, 5.74) is 4.58. The number of ether oxygens (including phenoxy) is 1. The van der Waals surface area contributed by atoms with Gasteiger partial charge in [-0.2, -0.15) is 5.10 Å². The predicted molar refractivity (Wildman–Crippen MR) is 116 cm³/mol. The number of nitrogens with one attached hydrogen (secondary N) is 3. The van der Waals surface area contributed by atoms with E-state index in [1.807, 2.05) is 36.4 Å². The summed E-state index contributed by atoms with van der Waals surface area (Å²) < 4.78 is 5.45. The maximum absolute atomic E-state index is 12.3. The fourth-order valence-electron chi connectivity index (χ4n) is 3.86. The average Bonchev–Trinajstić information content (AvgIpc) is 3.34. The summed E-state index contributed by atoms with van der Waals surface area (Å²) in [6.45, 7) is 1.74. The smallest absolute Gasteiger partial charge is 0.412 e. The highest BCUT2D eigenvalue weighted by Gasteiger charge is 2.29. The van der Waals surface area contributed by atoms with Crippen molar-refractivity contribution in [1.82, 2.24) is 15.5 Å². The van der Waals surface area contributed by atoms with Crippen LogP contribution in [0.3, 0.4) is 0 Å². The van der Waals surface area contributed by atoms with Crippen molar-refractivity contribution < 1.29 is 24.2 Å². The Kier molecular flexibility index (Phi) is 5.89. The van der Waals surface area contributed by atoms with Gasteiger partial charge in [-0.15, -0.1) is 0 Å². The molecule has 0 fully saturated rings. The number of carboxylic acid groups (broad SMARTS) is 1. The third-order valence-corrected chi connectivity index (χ3v) is 5.25. The number of hydrogen-bond donors (Lipinski definition) is 4. The highest BCUT2D eigenvalue weighted by atomic mass is 16.5. The predicted octanol–water partition coefficient (Wildman–Crippen LogP) is 3.36. The lowest BCUT2D eigenvalue weighted by atomic mass is 9.98. The molecule has 1 aliphatic rings. The molecule has 0 radical (unpaired) electrons. The molecule has 4 N–H and O–H groups in total. The zero-order valence-electron chi connectivity index (χ0n) is 17.3. The van der Waals surface area contributed by atoms with E-state index >= 15 is 0 Å². The van der Waals surface area contributed by atoms with Gasteiger partial charge < -0.3 is 15.2 Å². The summed E-state index contributed by atoms with van der Waals surface area (Å²) in [7, 11) is 0. The number of aliphatic carboxylic acids is 1. The summed E-state index contributed by atoms with van der Waals surface area (Å²) in [4.78, 5) is 35.2. The number of carbonyl (C=O) groups excluding carboxylic acids is 2. The zero-order chi connectivity index (χ0) is 22.7. The number of nitrogens with zero attached hydrogens (tertiary/aromatic N) is 1. The van der Waals surface area contributed by atoms with Gasteiger partial charge in [0.2, 0.25) is 0 Å². The van der Waals surface area contributed by atoms with Gasteiger partial charge in [-0.3, -0.25) is 20.0 Å². The molecule has 1 unspecified atom stereocenters. The van der Waals surface area contributed by atoms with E-state index in [4.69, 9.17) is 9.84 Å². The first-order chi connectivity index (χ1) is 15.4. The largest absolute Gasteiger partial charge is 0.481 e. The number of carbonyl (C=O) groups is 3. The maximum atomic E-state index is 12.3. The molecule has 2 amide bonds. The number of aromatic amines is 1. The average molecular weight is 434 g/mol. The van der Waals surface area contributed by atoms with Gasteiger partial charge in [0, 0.05) is 18.0 Å². The monoisotopic (exact) mass is 434 g/mol. The van der Waals surface area contributed by atoms with Crippen LogP contribution < -0.4 is 10.6 Å². The second-order valence-electron chi connectivity index (χ2n) is 7.59. The Labute approximate surface area is 183 Å². The highest BCUT2D eigenvalue weighted by Crippen LogP contribution is 2.44. The molecule has 0 saturated carbocycles. The van der Waals surface area contributed by atoms with Crippen LogP contribution in [0.5, 0.6) is 0 Å². The Morgan fingerprint density at radius 2 is 1.72 bits per heavy atom. The minimum absolute atomic E-state index is 0.0654. The number of anilines is 1. The molecule has 164 valence electrons. The van der Waals surface area contributed by atoms with Crippen LogP contribution in [0.25, 0.3) is 11.1 Å². The second-order valence-corrected chi connectivity index (χ2v) is 7.59. The summed E-state index contributed by atoms with van der Waals surface area (Å²) in [5, 5.41) is 20.2. The molecule has 9 nitrogen and oxygen atoms in total. The van der Waals surface area contributed by atoms with Crippen molar-refractivity contribution in [3.8, 4) is 11.1 Å². The van der Waals surface area contributed by atoms with Crippen molar-refractivity contribution in [3.63, 3.8) is 0 Å². The van der Waals surface area contributed by atoms with Crippen LogP contribution in [0.15, 0.2) is 54.6 Å². The van der Waals surface area contributed by atoms with E-state index in [0.29, 0.717) is 0 Å². The first-order valence-corrected chi connectivity index (χ1v) is 10.1. The molecule has 3 aromatic rings. The lowest BCUT2D eigenvalue weighted by Crippen LogP contribution is -2.34. The normalized spacial score (nSPS) is 13.0. The number of H-pyrrole nitrogens is 1. The van der Waals surface area contributed by atoms with Crippen LogP contribution in [0.4, 0.5) is 10.6 Å². The molecule has 1 heterocycles. The van der Waals surface area contributed by atoms with Gasteiger partial charge in [-0.25, -0.2) is 4.79 Å². The van der Waals surface area contributed by atoms with Crippen molar-refractivity contribution in [1.29, 1.82) is 0 Å². The Morgan fingerprint density at radius 1 is 1.09 bits per heavy atom. The van der Waals surface area contributed by atoms with E-state index in [-0.39, 0.29) is 30.5 Å². The molecule has 0 bridgehead atoms. The summed E-state index contributed by atoms with van der Waals surface area (Å²) in [5.74, 6) is -1.48. The molecule has 1 aromatic heterocycles. The molecule has 9 heteroatoms. The van der Waals surface area contributed by atoms with Crippen molar-refractivity contribution in [3.05, 3.63) is 71.4 Å². The van der Waals surface area contributed by atoms with Crippen molar-refractivity contribution in [2.45, 2.75) is 25.3 Å². The quantitative estimate of drug-likeness (QED) is 0.451. The van der Waals surface area contributed by atoms with Crippen LogP contribution >= 0.6 is 0 Å². The van der Waals surface area contributed by atoms with Crippen LogP contribution in [0, 0.1) is 0 Å². The van der Waals surface area contributed by atoms with E-state index in [2.05, 4.69) is 33.0 Å². The third-order valence-electron chi connectivity index (χ3n) is 5.25. The molecular weight excluding hydrogens is 412 g/mol. The minimum atomic E-state index is -1.01. The van der Waals surface area contributed by atoms with Gasteiger partial charge in [-0.05, 0) is 29.2 Å². The van der Waals surface area contributed by atoms with Crippen LogP contribution in [-0.4, -0.2) is 45.9 Å². The van der Waals surface area contributed by atoms with E-state index in [0.717, 1.165) is 22.3 Å². The summed E-state index contributed by atoms with van der Waals surface area (Å²) in [6, 6.07) is 16.9. The van der Waals surface area contributed by atoms with Gasteiger partial charge in [0.25, 0.3) is 5.91 Å². The van der Waals surface area contributed by atoms with Crippen LogP contribution in [0.1, 0.15) is 40.9 Å². The maximum Gasteiger partial charge on any atom is 0.412 e. The molecule has 2 aromatic carbocycles. The van der Waals surface area contributed by atoms with Gasteiger partial charge in [0.05, 0.1) is 6.42 Å². The standard InChI is InChI=1S/C23H22N4O5/c1-13(10-21(28)29)24-22(30)19-11-20(27-26-19)25-23(31)32-12-18-16-8-4-2-6-14(16)15-7-3-5-9-17(15)18/h2-9,11,13,18H,10,12H2,1H3,(H,24,30)(H,28,29)(H2,25,26,27,31). The summed E-state index contributed by atoms with van der Waals surface area (Å²) >= 11 is 0. The Hall–Kier alpha value is -4.14. The van der Waals surface area contributed by atoms with Crippen molar-refractivity contribution in [2.75, 3.05) is 11.9 Å². The SMILES string of the molecule is CC(CC(=O)O)NC(=O)c1cc(NC(=O)OCC2c3ccccc3-c3ccccc32)n[nH]1. The molecule has 0 aliphatic heterocycles. The van der Waals surface area contributed by atoms with Gasteiger partial charge in [0.15, 0.2) is 5.82 Å². The highest BCUT2D eigenvalue weighted by molar-refractivity contribution is 5.94. The Balaban J connectivity index is 1.35. The lowest BCUT2D eigenvalue weighted by Gasteiger charge is -2.14. The van der Waals surface area contributed by atoms with Crippen molar-refractivity contribution in [2.24, 2.45) is 0 Å². The Bertz CT molecular complexity index is 1130. The third kappa shape index (κ3) is 4.46. The minimum Gasteiger partial charge on any atom is -0.481 e. The second kappa shape index (κ2) is 8.93. The molecule has 4 rings (SSSR count). The van der Waals surface area contributed by atoms with Crippen LogP contribution in [0.2, 0.25) is 0 Å². The zero-order valence-corrected chi connectivity index (χ0v) is 17.3. The van der Waals surface area contributed by atoms with Gasteiger partial charge >= 0.3 is 12.1 Å². The number of carboxylic acids is 1. The lowest BCUT2D eigenvalue weighted by molar-refractivity contribution is -0.137. The number of benzene rings is 2. The van der Waals surface area contributed by atoms with Crippen LogP contribution in [-0.2, 0) is 9.53 Å². The first kappa shape index (κ1) is 21.1. The molecule has 0 saturated heterocycles. The van der Waals surface area contributed by atoms with Crippen molar-refractivity contribution >= 4 is 23.8 Å². The molecular formula is C23H22N4O5. The molecule has 1 aliphatic carbocycles. The van der Waals surface area contributed by atoms with E-state index < -0.39 is 24.0 Å². The molecule has 0 spiro atoms.